The van der Waals surface area contributed by atoms with Crippen LogP contribution in [0.2, 0.25) is 0 Å². The van der Waals surface area contributed by atoms with E-state index in [1.54, 1.807) is 42.5 Å². The van der Waals surface area contributed by atoms with Crippen LogP contribution in [0.25, 0.3) is 0 Å². The van der Waals surface area contributed by atoms with Crippen LogP contribution in [-0.2, 0) is 32.6 Å². The average Bonchev–Trinajstić information content (AvgIpc) is 3.03. The van der Waals surface area contributed by atoms with E-state index in [9.17, 15) is 18.0 Å². The third kappa shape index (κ3) is 8.48. The van der Waals surface area contributed by atoms with E-state index in [1.807, 2.05) is 68.4 Å². The fourth-order valence-electron chi connectivity index (χ4n) is 4.76. The molecule has 0 saturated carbocycles. The number of nitrogens with one attached hydrogen (secondary N) is 1. The van der Waals surface area contributed by atoms with E-state index >= 15 is 0 Å². The Labute approximate surface area is 267 Å². The number of ether oxygens (including phenoxy) is 1. The van der Waals surface area contributed by atoms with E-state index < -0.39 is 28.5 Å². The molecular formula is C34H36BrN3O5S. The lowest BCUT2D eigenvalue weighted by Gasteiger charge is -2.33. The molecule has 230 valence electrons. The van der Waals surface area contributed by atoms with Crippen LogP contribution in [0.15, 0.2) is 119 Å². The molecule has 10 heteroatoms. The monoisotopic (exact) mass is 677 g/mol. The van der Waals surface area contributed by atoms with Gasteiger partial charge >= 0.3 is 0 Å². The van der Waals surface area contributed by atoms with E-state index in [-0.39, 0.29) is 23.8 Å². The topological polar surface area (TPSA) is 96.0 Å². The zero-order valence-corrected chi connectivity index (χ0v) is 27.1. The molecule has 0 fully saturated rings. The second kappa shape index (κ2) is 15.5. The van der Waals surface area contributed by atoms with Crippen molar-refractivity contribution in [1.82, 2.24) is 10.2 Å². The number of para-hydroxylation sites is 1. The van der Waals surface area contributed by atoms with Gasteiger partial charge in [0.05, 0.1) is 17.2 Å². The van der Waals surface area contributed by atoms with E-state index in [1.165, 1.54) is 17.0 Å². The molecule has 44 heavy (non-hydrogen) atoms. The van der Waals surface area contributed by atoms with Crippen LogP contribution in [0.4, 0.5) is 5.69 Å². The lowest BCUT2D eigenvalue weighted by atomic mass is 10.0. The maximum atomic E-state index is 14.4. The number of hydrogen-bond acceptors (Lipinski definition) is 5. The number of anilines is 1. The third-order valence-corrected chi connectivity index (χ3v) is 9.25. The number of carbonyl (C=O) groups is 2. The summed E-state index contributed by atoms with van der Waals surface area (Å²) in [5.41, 5.74) is 2.00. The van der Waals surface area contributed by atoms with Gasteiger partial charge in [0.1, 0.15) is 18.3 Å². The number of sulfonamides is 1. The predicted octanol–water partition coefficient (Wildman–Crippen LogP) is 5.82. The quantitative estimate of drug-likeness (QED) is 0.182. The summed E-state index contributed by atoms with van der Waals surface area (Å²) in [4.78, 5) is 29.4. The number of halogens is 1. The first-order valence-corrected chi connectivity index (χ1v) is 16.6. The Balaban J connectivity index is 1.76. The number of benzene rings is 4. The maximum Gasteiger partial charge on any atom is 0.264 e. The van der Waals surface area contributed by atoms with Gasteiger partial charge in [0, 0.05) is 24.0 Å². The number of rotatable bonds is 14. The van der Waals surface area contributed by atoms with Crippen molar-refractivity contribution >= 4 is 43.5 Å². The number of nitrogens with zero attached hydrogens (tertiary/aromatic N) is 2. The second-order valence-corrected chi connectivity index (χ2v) is 12.8. The first-order valence-electron chi connectivity index (χ1n) is 14.4. The Morgan fingerprint density at radius 1 is 0.818 bits per heavy atom. The zero-order valence-electron chi connectivity index (χ0n) is 24.7. The van der Waals surface area contributed by atoms with Crippen molar-refractivity contribution in [3.63, 3.8) is 0 Å². The lowest BCUT2D eigenvalue weighted by Crippen LogP contribution is -2.53. The third-order valence-electron chi connectivity index (χ3n) is 6.93. The summed E-state index contributed by atoms with van der Waals surface area (Å²) in [6.45, 7) is 4.08. The Kier molecular flexibility index (Phi) is 11.6. The highest BCUT2D eigenvalue weighted by molar-refractivity contribution is 9.10. The molecule has 0 radical (unpaired) electrons. The molecule has 4 rings (SSSR count). The largest absolute Gasteiger partial charge is 0.494 e. The fourth-order valence-corrected chi connectivity index (χ4v) is 6.44. The highest BCUT2D eigenvalue weighted by Gasteiger charge is 2.34. The summed E-state index contributed by atoms with van der Waals surface area (Å²) < 4.78 is 35.6. The molecule has 0 aromatic heterocycles. The predicted molar refractivity (Wildman–Crippen MR) is 176 cm³/mol. The van der Waals surface area contributed by atoms with E-state index in [0.29, 0.717) is 24.6 Å². The Hall–Kier alpha value is -4.15. The van der Waals surface area contributed by atoms with Gasteiger partial charge in [-0.05, 0) is 73.5 Å². The van der Waals surface area contributed by atoms with Crippen molar-refractivity contribution in [2.24, 2.45) is 0 Å². The number of amides is 2. The van der Waals surface area contributed by atoms with Gasteiger partial charge in [-0.2, -0.15) is 0 Å². The Morgan fingerprint density at radius 2 is 1.43 bits per heavy atom. The molecule has 0 saturated heterocycles. The molecule has 1 atom stereocenters. The molecule has 4 aromatic carbocycles. The van der Waals surface area contributed by atoms with Crippen LogP contribution < -0.4 is 14.4 Å². The first-order chi connectivity index (χ1) is 21.2. The van der Waals surface area contributed by atoms with Gasteiger partial charge < -0.3 is 15.0 Å². The molecule has 1 N–H and O–H groups in total. The summed E-state index contributed by atoms with van der Waals surface area (Å²) in [6, 6.07) is 30.6. The van der Waals surface area contributed by atoms with Gasteiger partial charge in [-0.25, -0.2) is 8.42 Å². The highest BCUT2D eigenvalue weighted by atomic mass is 79.9. The van der Waals surface area contributed by atoms with E-state index in [2.05, 4.69) is 21.2 Å². The molecule has 8 nitrogen and oxygen atoms in total. The van der Waals surface area contributed by atoms with Crippen molar-refractivity contribution in [1.29, 1.82) is 0 Å². The normalized spacial score (nSPS) is 11.8. The Bertz CT molecular complexity index is 1620. The zero-order chi connectivity index (χ0) is 31.5. The number of hydrogen-bond donors (Lipinski definition) is 1. The van der Waals surface area contributed by atoms with E-state index in [4.69, 9.17) is 4.74 Å². The molecule has 2 amide bonds. The molecule has 4 aromatic rings. The smallest absolute Gasteiger partial charge is 0.264 e. The highest BCUT2D eigenvalue weighted by Crippen LogP contribution is 2.26. The number of likely N-dealkylation sites (N-methyl/N-ethyl adjacent to an activating group) is 1. The standard InChI is InChI=1S/C34H36BrN3O5S/c1-3-36-34(40)32(23-26-11-7-5-8-12-26)37(24-27-15-17-28(35)18-16-27)33(39)25-38(29-13-9-6-10-14-29)44(41,42)31-21-19-30(20-22-31)43-4-2/h5-22,32H,3-4,23-25H2,1-2H3,(H,36,40). The van der Waals surface area contributed by atoms with Crippen molar-refractivity contribution in [3.8, 4) is 5.75 Å². The fraction of sp³-hybridized carbons (Fsp3) is 0.235. The summed E-state index contributed by atoms with van der Waals surface area (Å²) in [6.07, 6.45) is 0.256. The van der Waals surface area contributed by atoms with Gasteiger partial charge in [0.2, 0.25) is 11.8 Å². The molecular weight excluding hydrogens is 642 g/mol. The second-order valence-electron chi connectivity index (χ2n) is 10.00. The maximum absolute atomic E-state index is 14.4. The van der Waals surface area contributed by atoms with Crippen LogP contribution in [0.5, 0.6) is 5.75 Å². The van der Waals surface area contributed by atoms with Crippen LogP contribution >= 0.6 is 15.9 Å². The van der Waals surface area contributed by atoms with Gasteiger partial charge in [0.15, 0.2) is 0 Å². The molecule has 0 heterocycles. The molecule has 1 unspecified atom stereocenters. The number of carbonyl (C=O) groups excluding carboxylic acids is 2. The van der Waals surface area contributed by atoms with Crippen molar-refractivity contribution in [2.45, 2.75) is 37.8 Å². The summed E-state index contributed by atoms with van der Waals surface area (Å²) in [5, 5.41) is 2.87. The van der Waals surface area contributed by atoms with E-state index in [0.717, 1.165) is 19.9 Å². The van der Waals surface area contributed by atoms with Crippen molar-refractivity contribution in [2.75, 3.05) is 24.0 Å². The summed E-state index contributed by atoms with van der Waals surface area (Å²) >= 11 is 3.45. The Morgan fingerprint density at radius 3 is 2.02 bits per heavy atom. The summed E-state index contributed by atoms with van der Waals surface area (Å²) in [7, 11) is -4.18. The van der Waals surface area contributed by atoms with Gasteiger partial charge in [-0.3, -0.25) is 13.9 Å². The molecule has 0 aliphatic heterocycles. The summed E-state index contributed by atoms with van der Waals surface area (Å²) in [5.74, 6) is -0.291. The van der Waals surface area contributed by atoms with Crippen molar-refractivity contribution < 1.29 is 22.7 Å². The van der Waals surface area contributed by atoms with Crippen LogP contribution in [0.1, 0.15) is 25.0 Å². The first kappa shape index (κ1) is 32.8. The van der Waals surface area contributed by atoms with Crippen molar-refractivity contribution in [3.05, 3.63) is 125 Å². The van der Waals surface area contributed by atoms with Gasteiger partial charge in [-0.15, -0.1) is 0 Å². The average molecular weight is 679 g/mol. The lowest BCUT2D eigenvalue weighted by molar-refractivity contribution is -0.140. The van der Waals surface area contributed by atoms with Gasteiger partial charge in [-0.1, -0.05) is 76.6 Å². The van der Waals surface area contributed by atoms with Crippen LogP contribution in [0, 0.1) is 0 Å². The molecule has 0 bridgehead atoms. The molecule has 0 spiro atoms. The SMILES string of the molecule is CCNC(=O)C(Cc1ccccc1)N(Cc1ccc(Br)cc1)C(=O)CN(c1ccccc1)S(=O)(=O)c1ccc(OCC)cc1. The molecule has 0 aliphatic carbocycles. The minimum absolute atomic E-state index is 0.0154. The minimum atomic E-state index is -4.18. The minimum Gasteiger partial charge on any atom is -0.494 e. The van der Waals surface area contributed by atoms with Gasteiger partial charge in [0.25, 0.3) is 10.0 Å². The van der Waals surface area contributed by atoms with Crippen LogP contribution in [-0.4, -0.2) is 50.9 Å². The molecule has 0 aliphatic rings. The van der Waals surface area contributed by atoms with Crippen LogP contribution in [0.3, 0.4) is 0 Å².